The van der Waals surface area contributed by atoms with Crippen LogP contribution in [0.2, 0.25) is 0 Å². The summed E-state index contributed by atoms with van der Waals surface area (Å²) in [7, 11) is 3.31. The summed E-state index contributed by atoms with van der Waals surface area (Å²) in [6.07, 6.45) is -1.93. The van der Waals surface area contributed by atoms with Crippen molar-refractivity contribution < 1.29 is 76.8 Å². The number of hydrogen-bond acceptors (Lipinski definition) is 11. The Bertz CT molecular complexity index is 748. The maximum Gasteiger partial charge on any atom is 0.425 e. The smallest absolute Gasteiger partial charge is 0.425 e. The van der Waals surface area contributed by atoms with Crippen molar-refractivity contribution in [3.05, 3.63) is 0 Å². The molecule has 1 rings (SSSR count). The highest BCUT2D eigenvalue weighted by Gasteiger charge is 2.22. The summed E-state index contributed by atoms with van der Waals surface area (Å²) in [4.78, 5) is 42.5. The Morgan fingerprint density at radius 2 is 1.15 bits per heavy atom. The van der Waals surface area contributed by atoms with Crippen LogP contribution < -0.4 is 25.0 Å². The lowest BCUT2D eigenvalue weighted by molar-refractivity contribution is -0.836. The highest BCUT2D eigenvalue weighted by atomic mass is 32.2. The van der Waals surface area contributed by atoms with Crippen molar-refractivity contribution in [1.29, 1.82) is 0 Å². The number of rotatable bonds is 3. The van der Waals surface area contributed by atoms with Crippen molar-refractivity contribution >= 4 is 44.5 Å². The first-order valence-corrected chi connectivity index (χ1v) is 10.5. The third-order valence-corrected chi connectivity index (χ3v) is 1.52. The molecule has 0 aromatic heterocycles. The van der Waals surface area contributed by atoms with E-state index in [2.05, 4.69) is 52.2 Å². The van der Waals surface area contributed by atoms with E-state index in [9.17, 15) is 32.1 Å². The molecule has 1 fully saturated rings. The molecule has 3 amide bonds. The highest BCUT2D eigenvalue weighted by molar-refractivity contribution is 7.84. The molecule has 0 aliphatic carbocycles. The van der Waals surface area contributed by atoms with Crippen LogP contribution in [0.3, 0.4) is 0 Å². The first kappa shape index (κ1) is 48.3. The second-order valence-electron chi connectivity index (χ2n) is 6.15. The zero-order valence-electron chi connectivity index (χ0n) is 17.6. The summed E-state index contributed by atoms with van der Waals surface area (Å²) < 4.78 is 60.9. The minimum Gasteiger partial charge on any atom is -0.736 e. The lowest BCUT2D eigenvalue weighted by Gasteiger charge is -2.08. The first-order chi connectivity index (χ1) is 13.1. The number of amides is 3. The molecular formula is C15H65N5O11S2. The molecule has 0 saturated carbocycles. The van der Waals surface area contributed by atoms with Gasteiger partial charge in [0.1, 0.15) is 5.78 Å². The van der Waals surface area contributed by atoms with Crippen molar-refractivity contribution in [2.24, 2.45) is 5.14 Å². The van der Waals surface area contributed by atoms with E-state index >= 15 is 0 Å². The molecule has 33 heavy (non-hydrogen) atoms. The number of carbonyl (C=O) groups excluding carboxylic acids is 4. The third-order valence-electron chi connectivity index (χ3n) is 1.04. The van der Waals surface area contributed by atoms with E-state index in [-0.39, 0.29) is 39.4 Å². The van der Waals surface area contributed by atoms with Crippen LogP contribution in [0.4, 0.5) is 9.59 Å². The number of cyclic esters (lactones) is 2. The maximum absolute atomic E-state index is 10.4. The standard InChI is InChI=1S/C4H7NO5S.2C3H9N.C2HNO3.3CH4.H3NO3S.12H2/c1-3(6)2-4(7)5-11(8,9)10;2*1-4(2)3;4-1-3-2(5)6-1;;;;1-5(2,3)4;;;;;;;;;;;;/h2H2,1H3,(H,5,7)(H,8,9,10);2*1-3H3;(H,3,4,5);3*1H4;(H3,1,2,3,4);12*1H. The van der Waals surface area contributed by atoms with Crippen LogP contribution in [0.15, 0.2) is 0 Å². The molecular weight excluding hydrogens is 490 g/mol. The Kier molecular flexibility index (Phi) is 35.7. The van der Waals surface area contributed by atoms with E-state index in [0.29, 0.717) is 0 Å². The molecule has 0 aromatic rings. The summed E-state index contributed by atoms with van der Waals surface area (Å²) >= 11 is 0. The van der Waals surface area contributed by atoms with Gasteiger partial charge in [0.15, 0.2) is 20.6 Å². The second kappa shape index (κ2) is 24.4. The molecule has 0 unspecified atom stereocenters. The van der Waals surface area contributed by atoms with Crippen molar-refractivity contribution in [2.45, 2.75) is 35.6 Å². The molecule has 1 aliphatic heterocycles. The summed E-state index contributed by atoms with van der Waals surface area (Å²) in [6.45, 7) is 1.11. The fourth-order valence-electron chi connectivity index (χ4n) is 0.574. The van der Waals surface area contributed by atoms with Crippen molar-refractivity contribution in [2.75, 3.05) is 42.3 Å². The zero-order valence-corrected chi connectivity index (χ0v) is 19.2. The monoisotopic (exact) mass is 555 g/mol. The summed E-state index contributed by atoms with van der Waals surface area (Å²) in [6, 6.07) is 0. The average Bonchev–Trinajstić information content (AvgIpc) is 2.30. The normalized spacial score (nSPS) is 10.8. The van der Waals surface area contributed by atoms with E-state index in [1.807, 2.05) is 0 Å². The molecule has 1 saturated heterocycles. The van der Waals surface area contributed by atoms with Gasteiger partial charge in [0.05, 0.1) is 48.7 Å². The van der Waals surface area contributed by atoms with E-state index in [1.54, 1.807) is 5.32 Å². The molecule has 0 bridgehead atoms. The number of imide groups is 1. The lowest BCUT2D eigenvalue weighted by Crippen LogP contribution is -3.02. The van der Waals surface area contributed by atoms with E-state index in [4.69, 9.17) is 13.0 Å². The van der Waals surface area contributed by atoms with Gasteiger partial charge in [0.25, 0.3) is 0 Å². The molecule has 0 spiro atoms. The third kappa shape index (κ3) is 105. The molecule has 0 aromatic carbocycles. The van der Waals surface area contributed by atoms with Gasteiger partial charge in [-0.3, -0.25) is 14.3 Å². The Hall–Kier alpha value is -2.22. The van der Waals surface area contributed by atoms with Crippen LogP contribution >= 0.6 is 0 Å². The first-order valence-electron chi connectivity index (χ1n) is 7.62. The number of hydrogen-bond donors (Lipinski definition) is 5. The van der Waals surface area contributed by atoms with Crippen molar-refractivity contribution in [3.63, 3.8) is 0 Å². The number of quaternary nitrogens is 2. The van der Waals surface area contributed by atoms with Gasteiger partial charge < -0.3 is 23.6 Å². The van der Waals surface area contributed by atoms with Gasteiger partial charge in [-0.2, -0.15) is 0 Å². The van der Waals surface area contributed by atoms with Gasteiger partial charge in [-0.05, 0) is 6.92 Å². The van der Waals surface area contributed by atoms with Crippen molar-refractivity contribution in [1.82, 2.24) is 10.0 Å². The average molecular weight is 556 g/mol. The maximum atomic E-state index is 10.4. The van der Waals surface area contributed by atoms with Crippen LogP contribution in [0.1, 0.15) is 52.7 Å². The number of ether oxygens (including phenoxy) is 1. The molecule has 16 nitrogen and oxygen atoms in total. The predicted molar refractivity (Wildman–Crippen MR) is 145 cm³/mol. The van der Waals surface area contributed by atoms with E-state index in [0.717, 1.165) is 11.6 Å². The van der Waals surface area contributed by atoms with Crippen molar-refractivity contribution in [3.8, 4) is 0 Å². The van der Waals surface area contributed by atoms with Gasteiger partial charge in [-0.1, -0.05) is 22.3 Å². The van der Waals surface area contributed by atoms with Crippen LogP contribution in [-0.4, -0.2) is 92.1 Å². The van der Waals surface area contributed by atoms with Crippen LogP contribution in [0, 0.1) is 0 Å². The Labute approximate surface area is 215 Å². The zero-order chi connectivity index (χ0) is 25.3. The molecule has 6 N–H and O–H groups in total. The number of nitrogens with two attached hydrogens (primary N) is 1. The topological polar surface area (TPSA) is 251 Å². The van der Waals surface area contributed by atoms with E-state index in [1.165, 1.54) is 9.80 Å². The molecule has 0 radical (unpaired) electrons. The predicted octanol–water partition coefficient (Wildman–Crippen LogP) is -0.825. The second-order valence-corrected chi connectivity index (χ2v) is 8.25. The number of Topliss-reactive ketones (excluding diaryl/α,β-unsaturated/α-hetero) is 1. The minimum absolute atomic E-state index is 0. The fourth-order valence-corrected chi connectivity index (χ4v) is 0.925. The van der Waals surface area contributed by atoms with Crippen LogP contribution in [0.5, 0.6) is 0 Å². The SMILES string of the molecule is C.C.C.CC(=O)CC(=O)NS(=O)(=O)[O-].C[NH+](C)C.C[NH+](C)C.NS(=O)(=O)[O-].O=C1NC(=O)O1.[HH].[HH].[HH].[HH].[HH].[HH].[HH].[HH].[HH].[HH].[HH].[HH]. The minimum atomic E-state index is -4.77. The Morgan fingerprint density at radius 3 is 1.24 bits per heavy atom. The number of nitrogens with one attached hydrogen (secondary N) is 4. The van der Waals surface area contributed by atoms with Crippen LogP contribution in [-0.2, 0) is 34.9 Å². The molecule has 18 heteroatoms. The largest absolute Gasteiger partial charge is 0.736 e. The molecule has 1 aliphatic rings. The lowest BCUT2D eigenvalue weighted by atomic mass is 10.3. The highest BCUT2D eigenvalue weighted by Crippen LogP contribution is 1.88. The quantitative estimate of drug-likeness (QED) is 0.212. The van der Waals surface area contributed by atoms with E-state index < -0.39 is 50.9 Å². The van der Waals surface area contributed by atoms with Gasteiger partial charge in [-0.25, -0.2) is 36.9 Å². The number of ketones is 1. The number of carbonyl (C=O) groups is 4. The molecule has 228 valence electrons. The molecule has 0 atom stereocenters. The van der Waals surface area contributed by atoms with Gasteiger partial charge in [0, 0.05) is 17.1 Å². The van der Waals surface area contributed by atoms with Crippen LogP contribution in [0.25, 0.3) is 0 Å². The van der Waals surface area contributed by atoms with Gasteiger partial charge in [0.2, 0.25) is 5.91 Å². The summed E-state index contributed by atoms with van der Waals surface area (Å²) in [5.41, 5.74) is 0. The Morgan fingerprint density at radius 1 is 0.939 bits per heavy atom. The fraction of sp³-hybridized carbons (Fsp3) is 0.733. The van der Waals surface area contributed by atoms with Gasteiger partial charge >= 0.3 is 12.2 Å². The molecule has 1 heterocycles. The van der Waals surface area contributed by atoms with Gasteiger partial charge in [-0.15, -0.1) is 0 Å². The Balaban J connectivity index is -0.0000000106. The summed E-state index contributed by atoms with van der Waals surface area (Å²) in [5.74, 6) is -1.61. The summed E-state index contributed by atoms with van der Waals surface area (Å²) in [5, 5.41) is 5.58.